The average Bonchev–Trinajstić information content (AvgIpc) is 3.06. The van der Waals surface area contributed by atoms with Gasteiger partial charge in [0.2, 0.25) is 0 Å². The second-order valence-electron chi connectivity index (χ2n) is 16.6. The number of aliphatic hydroxyl groups is 5. The number of oxime groups is 1. The zero-order valence-electron chi connectivity index (χ0n) is 33.4. The van der Waals surface area contributed by atoms with Crippen molar-refractivity contribution in [1.29, 1.82) is 0 Å². The normalized spacial score (nSPS) is 49.8. The number of rotatable bonds is 7. The summed E-state index contributed by atoms with van der Waals surface area (Å²) in [6.07, 6.45) is -9.51. The van der Waals surface area contributed by atoms with E-state index in [4.69, 9.17) is 28.4 Å². The smallest absolute Gasteiger partial charge is 0.311 e. The molecule has 16 unspecified atom stereocenters. The first-order valence-electron chi connectivity index (χ1n) is 18.7. The van der Waals surface area contributed by atoms with Gasteiger partial charge in [-0.2, -0.15) is 0 Å². The molecule has 0 spiro atoms. The van der Waals surface area contributed by atoms with Crippen LogP contribution >= 0.6 is 0 Å². The van der Waals surface area contributed by atoms with Crippen molar-refractivity contribution in [2.24, 2.45) is 28.8 Å². The number of carbonyl (C=O) groups is 1. The van der Waals surface area contributed by atoms with Crippen LogP contribution < -0.4 is 0 Å². The Labute approximate surface area is 309 Å². The Kier molecular flexibility index (Phi) is 15.1. The van der Waals surface area contributed by atoms with E-state index < -0.39 is 102 Å². The molecule has 3 aliphatic heterocycles. The van der Waals surface area contributed by atoms with Gasteiger partial charge in [0, 0.05) is 37.3 Å². The van der Waals surface area contributed by atoms with Crippen molar-refractivity contribution in [3.63, 3.8) is 0 Å². The van der Waals surface area contributed by atoms with Crippen molar-refractivity contribution < 1.29 is 64.0 Å². The van der Waals surface area contributed by atoms with E-state index in [0.29, 0.717) is 6.42 Å². The number of nitrogens with zero attached hydrogens (tertiary/aromatic N) is 2. The summed E-state index contributed by atoms with van der Waals surface area (Å²) in [6, 6.07) is -0.322. The predicted octanol–water partition coefficient (Wildman–Crippen LogP) is 2.05. The summed E-state index contributed by atoms with van der Waals surface area (Å²) < 4.78 is 37.2. The maximum absolute atomic E-state index is 14.1. The van der Waals surface area contributed by atoms with E-state index in [2.05, 4.69) is 5.16 Å². The first-order chi connectivity index (χ1) is 24.0. The summed E-state index contributed by atoms with van der Waals surface area (Å²) in [4.78, 5) is 16.0. The van der Waals surface area contributed by atoms with Gasteiger partial charge < -0.3 is 64.1 Å². The fourth-order valence-corrected chi connectivity index (χ4v) is 8.61. The minimum absolute atomic E-state index is 0.0657. The highest BCUT2D eigenvalue weighted by Crippen LogP contribution is 2.41. The quantitative estimate of drug-likeness (QED) is 0.125. The molecule has 0 aromatic heterocycles. The number of aliphatic hydroxyl groups excluding tert-OH is 3. The van der Waals surface area contributed by atoms with E-state index in [0.717, 1.165) is 0 Å². The summed E-state index contributed by atoms with van der Waals surface area (Å²) in [7, 11) is 5.19. The lowest BCUT2D eigenvalue weighted by atomic mass is 9.73. The molecule has 15 nitrogen and oxygen atoms in total. The molecule has 0 saturated carbocycles. The highest BCUT2D eigenvalue weighted by atomic mass is 16.7. The molecule has 3 heterocycles. The summed E-state index contributed by atoms with van der Waals surface area (Å²) in [5.74, 6) is -4.24. The van der Waals surface area contributed by atoms with Gasteiger partial charge in [-0.1, -0.05) is 32.9 Å². The monoisotopic (exact) mass is 748 g/mol. The van der Waals surface area contributed by atoms with Crippen molar-refractivity contribution in [2.45, 2.75) is 179 Å². The largest absolute Gasteiger partial charge is 0.459 e. The number of esters is 1. The van der Waals surface area contributed by atoms with Crippen molar-refractivity contribution >= 4 is 11.7 Å². The molecular weight excluding hydrogens is 680 g/mol. The molecule has 3 saturated heterocycles. The van der Waals surface area contributed by atoms with Crippen molar-refractivity contribution in [2.75, 3.05) is 21.2 Å². The van der Waals surface area contributed by atoms with Crippen LogP contribution in [0.3, 0.4) is 0 Å². The molecule has 3 rings (SSSR count). The molecular formula is C37H68N2O13. The lowest BCUT2D eigenvalue weighted by Crippen LogP contribution is -2.61. The molecule has 15 heteroatoms. The minimum atomic E-state index is -1.97. The maximum atomic E-state index is 14.1. The Balaban J connectivity index is 2.21. The average molecular weight is 749 g/mol. The molecule has 6 N–H and O–H groups in total. The molecule has 304 valence electrons. The first kappa shape index (κ1) is 44.9. The topological polar surface area (TPSA) is 209 Å². The number of hydrogen-bond donors (Lipinski definition) is 6. The van der Waals surface area contributed by atoms with Crippen LogP contribution in [0.5, 0.6) is 0 Å². The molecule has 0 amide bonds. The number of likely N-dealkylation sites (N-methyl/N-ethyl adjacent to an activating group) is 1. The third-order valence-electron chi connectivity index (χ3n) is 12.0. The first-order valence-corrected chi connectivity index (χ1v) is 18.7. The van der Waals surface area contributed by atoms with E-state index in [1.807, 2.05) is 25.9 Å². The van der Waals surface area contributed by atoms with Gasteiger partial charge in [0.25, 0.3) is 0 Å². The number of methoxy groups -OCH3 is 1. The van der Waals surface area contributed by atoms with Crippen molar-refractivity contribution in [3.05, 3.63) is 0 Å². The second-order valence-corrected chi connectivity index (χ2v) is 16.6. The fourth-order valence-electron chi connectivity index (χ4n) is 8.61. The minimum Gasteiger partial charge on any atom is -0.459 e. The van der Waals surface area contributed by atoms with Gasteiger partial charge in [0.15, 0.2) is 12.6 Å². The van der Waals surface area contributed by atoms with Gasteiger partial charge in [0.1, 0.15) is 23.9 Å². The molecule has 18 atom stereocenters. The molecule has 0 aliphatic carbocycles. The SMILES string of the molecule is CC[C@H]1OC(=O)C(C)C(OC2C[C@@](C)(OC)C(O)C(C)O2)C(C)C(OC2OC(C)CC(N(C)C)C2O)C(C)(O)CC(C)/C(=N/O)C(C)C(O)C1(C)O. The molecule has 52 heavy (non-hydrogen) atoms. The van der Waals surface area contributed by atoms with Crippen LogP contribution in [-0.4, -0.2) is 153 Å². The highest BCUT2D eigenvalue weighted by molar-refractivity contribution is 5.88. The van der Waals surface area contributed by atoms with E-state index in [1.165, 1.54) is 14.0 Å². The number of cyclic esters (lactones) is 1. The molecule has 0 radical (unpaired) electrons. The molecule has 0 bridgehead atoms. The Bertz CT molecular complexity index is 1200. The Morgan fingerprint density at radius 2 is 1.54 bits per heavy atom. The standard InChI is InChI=1S/C37H68N2O13/c1-14-25-37(10,45)30(41)20(4)27(38-46)18(2)16-35(8,44)32(52-34-28(40)24(39(11)12)15-19(3)48-34)21(5)29(22(6)33(43)50-25)51-26-17-36(9,47-13)31(42)23(7)49-26/h18-26,28-32,34,40-42,44-46H,14-17H2,1-13H3/b38-27-/t18?,19?,20?,21?,22?,23?,24?,25-,26?,28?,29?,30?,31?,32?,34?,35?,36-,37?/m1/s1. The van der Waals surface area contributed by atoms with Gasteiger partial charge >= 0.3 is 5.97 Å². The molecule has 3 aliphatic rings. The van der Waals surface area contributed by atoms with E-state index in [-0.39, 0.29) is 37.1 Å². The summed E-state index contributed by atoms with van der Waals surface area (Å²) in [5.41, 5.74) is -4.68. The van der Waals surface area contributed by atoms with E-state index in [9.17, 15) is 35.5 Å². The lowest BCUT2D eigenvalue weighted by molar-refractivity contribution is -0.317. The van der Waals surface area contributed by atoms with Crippen LogP contribution in [0.1, 0.15) is 94.9 Å². The number of ether oxygens (including phenoxy) is 6. The van der Waals surface area contributed by atoms with Crippen LogP contribution in [-0.2, 0) is 33.2 Å². The van der Waals surface area contributed by atoms with Gasteiger partial charge in [-0.05, 0) is 74.9 Å². The van der Waals surface area contributed by atoms with Crippen LogP contribution in [0.25, 0.3) is 0 Å². The summed E-state index contributed by atoms with van der Waals surface area (Å²) >= 11 is 0. The number of hydrogen-bond acceptors (Lipinski definition) is 15. The predicted molar refractivity (Wildman–Crippen MR) is 190 cm³/mol. The second kappa shape index (κ2) is 17.5. The van der Waals surface area contributed by atoms with Crippen LogP contribution in [0, 0.1) is 23.7 Å². The van der Waals surface area contributed by atoms with Gasteiger partial charge in [-0.25, -0.2) is 0 Å². The number of carbonyl (C=O) groups excluding carboxylic acids is 1. The van der Waals surface area contributed by atoms with Gasteiger partial charge in [-0.3, -0.25) is 4.79 Å². The highest BCUT2D eigenvalue weighted by Gasteiger charge is 2.53. The summed E-state index contributed by atoms with van der Waals surface area (Å²) in [6.45, 7) is 16.6. The third kappa shape index (κ3) is 9.47. The van der Waals surface area contributed by atoms with E-state index in [1.54, 1.807) is 55.4 Å². The van der Waals surface area contributed by atoms with Gasteiger partial charge in [-0.15, -0.1) is 0 Å². The zero-order chi connectivity index (χ0) is 39.7. The Morgan fingerprint density at radius 1 is 0.923 bits per heavy atom. The zero-order valence-corrected chi connectivity index (χ0v) is 33.4. The summed E-state index contributed by atoms with van der Waals surface area (Å²) in [5, 5.41) is 71.8. The fraction of sp³-hybridized carbons (Fsp3) is 0.946. The van der Waals surface area contributed by atoms with Crippen LogP contribution in [0.4, 0.5) is 0 Å². The molecule has 0 aromatic rings. The third-order valence-corrected chi connectivity index (χ3v) is 12.0. The lowest BCUT2D eigenvalue weighted by Gasteiger charge is -2.49. The maximum Gasteiger partial charge on any atom is 0.311 e. The van der Waals surface area contributed by atoms with Gasteiger partial charge in [0.05, 0.1) is 53.4 Å². The van der Waals surface area contributed by atoms with Crippen LogP contribution in [0.2, 0.25) is 0 Å². The Hall–Kier alpha value is -1.50. The Morgan fingerprint density at radius 3 is 2.08 bits per heavy atom. The van der Waals surface area contributed by atoms with Crippen LogP contribution in [0.15, 0.2) is 5.16 Å². The van der Waals surface area contributed by atoms with Crippen molar-refractivity contribution in [3.8, 4) is 0 Å². The molecule has 0 aromatic carbocycles. The molecule has 3 fully saturated rings. The van der Waals surface area contributed by atoms with E-state index >= 15 is 0 Å². The van der Waals surface area contributed by atoms with Crippen molar-refractivity contribution in [1.82, 2.24) is 4.90 Å².